The van der Waals surface area contributed by atoms with Gasteiger partial charge in [0.25, 0.3) is 0 Å². The summed E-state index contributed by atoms with van der Waals surface area (Å²) in [5.41, 5.74) is 8.56. The van der Waals surface area contributed by atoms with Gasteiger partial charge in [-0.2, -0.15) is 0 Å². The van der Waals surface area contributed by atoms with Crippen molar-refractivity contribution in [1.82, 2.24) is 4.90 Å². The molecule has 0 unspecified atom stereocenters. The van der Waals surface area contributed by atoms with Gasteiger partial charge in [0.2, 0.25) is 5.91 Å². The van der Waals surface area contributed by atoms with Crippen molar-refractivity contribution in [1.29, 1.82) is 0 Å². The van der Waals surface area contributed by atoms with Crippen LogP contribution in [0.3, 0.4) is 0 Å². The second-order valence-electron chi connectivity index (χ2n) is 7.11. The molecule has 3 aromatic rings. The lowest BCUT2D eigenvalue weighted by Gasteiger charge is -2.16. The lowest BCUT2D eigenvalue weighted by atomic mass is 9.95. The zero-order valence-corrected chi connectivity index (χ0v) is 15.3. The molecule has 0 aliphatic carbocycles. The highest BCUT2D eigenvalue weighted by Crippen LogP contribution is 2.27. The summed E-state index contributed by atoms with van der Waals surface area (Å²) in [5, 5.41) is 0. The summed E-state index contributed by atoms with van der Waals surface area (Å²) < 4.78 is 5.90. The highest BCUT2D eigenvalue weighted by atomic mass is 16.3. The first kappa shape index (κ1) is 17.6. The second-order valence-corrected chi connectivity index (χ2v) is 7.11. The first-order chi connectivity index (χ1) is 13.2. The summed E-state index contributed by atoms with van der Waals surface area (Å²) in [5.74, 6) is 2.03. The summed E-state index contributed by atoms with van der Waals surface area (Å²) >= 11 is 0. The molecule has 27 heavy (non-hydrogen) atoms. The molecule has 0 spiro atoms. The lowest BCUT2D eigenvalue weighted by Crippen LogP contribution is -2.32. The molecule has 1 aliphatic rings. The highest BCUT2D eigenvalue weighted by molar-refractivity contribution is 5.77. The summed E-state index contributed by atoms with van der Waals surface area (Å²) in [6.45, 7) is 1.31. The van der Waals surface area contributed by atoms with Gasteiger partial charge in [-0.25, -0.2) is 0 Å². The predicted molar refractivity (Wildman–Crippen MR) is 106 cm³/mol. The second kappa shape index (κ2) is 7.80. The monoisotopic (exact) mass is 360 g/mol. The Morgan fingerprint density at radius 2 is 1.67 bits per heavy atom. The van der Waals surface area contributed by atoms with Crippen LogP contribution in [0, 0.1) is 0 Å². The minimum Gasteiger partial charge on any atom is -0.461 e. The van der Waals surface area contributed by atoms with Gasteiger partial charge in [0, 0.05) is 43.5 Å². The zero-order valence-electron chi connectivity index (χ0n) is 15.3. The molecule has 1 fully saturated rings. The van der Waals surface area contributed by atoms with E-state index in [2.05, 4.69) is 12.1 Å². The van der Waals surface area contributed by atoms with Gasteiger partial charge >= 0.3 is 0 Å². The number of nitrogens with two attached hydrogens (primary N) is 1. The van der Waals surface area contributed by atoms with Crippen LogP contribution in [-0.4, -0.2) is 29.9 Å². The van der Waals surface area contributed by atoms with E-state index in [1.807, 2.05) is 65.6 Å². The largest absolute Gasteiger partial charge is 0.461 e. The molecule has 4 heteroatoms. The Balaban J connectivity index is 1.34. The van der Waals surface area contributed by atoms with Gasteiger partial charge in [0.1, 0.15) is 11.5 Å². The molecular formula is C23H24N2O2. The maximum Gasteiger partial charge on any atom is 0.223 e. The summed E-state index contributed by atoms with van der Waals surface area (Å²) in [6.07, 6.45) is 1.05. The van der Waals surface area contributed by atoms with Gasteiger partial charge in [-0.1, -0.05) is 60.7 Å². The fraction of sp³-hybridized carbons (Fsp3) is 0.261. The first-order valence-corrected chi connectivity index (χ1v) is 9.43. The number of hydrogen-bond donors (Lipinski definition) is 1. The Kier molecular flexibility index (Phi) is 5.07. The topological polar surface area (TPSA) is 59.5 Å². The summed E-state index contributed by atoms with van der Waals surface area (Å²) in [6, 6.07) is 24.1. The fourth-order valence-electron chi connectivity index (χ4n) is 3.74. The number of aryl methyl sites for hydroxylation is 1. The minimum atomic E-state index is -0.00959. The number of hydrogen-bond acceptors (Lipinski definition) is 3. The number of furan rings is 1. The van der Waals surface area contributed by atoms with Crippen LogP contribution in [0.2, 0.25) is 0 Å². The van der Waals surface area contributed by atoms with Gasteiger partial charge in [0.15, 0.2) is 0 Å². The van der Waals surface area contributed by atoms with E-state index in [1.165, 1.54) is 5.56 Å². The Morgan fingerprint density at radius 1 is 0.963 bits per heavy atom. The molecule has 4 rings (SSSR count). The quantitative estimate of drug-likeness (QED) is 0.752. The molecule has 2 aromatic carbocycles. The Hall–Kier alpha value is -2.85. The Labute approximate surface area is 159 Å². The van der Waals surface area contributed by atoms with E-state index in [0.29, 0.717) is 25.9 Å². The number of amides is 1. The van der Waals surface area contributed by atoms with Gasteiger partial charge in [-0.3, -0.25) is 4.79 Å². The van der Waals surface area contributed by atoms with Crippen LogP contribution in [0.5, 0.6) is 0 Å². The third-order valence-electron chi connectivity index (χ3n) is 5.25. The van der Waals surface area contributed by atoms with Gasteiger partial charge in [0.05, 0.1) is 0 Å². The van der Waals surface area contributed by atoms with Gasteiger partial charge < -0.3 is 15.1 Å². The van der Waals surface area contributed by atoms with E-state index >= 15 is 0 Å². The molecule has 0 bridgehead atoms. The van der Waals surface area contributed by atoms with Gasteiger partial charge in [-0.05, 0) is 17.7 Å². The predicted octanol–water partition coefficient (Wildman–Crippen LogP) is 3.83. The van der Waals surface area contributed by atoms with Crippen molar-refractivity contribution in [3.63, 3.8) is 0 Å². The number of carbonyl (C=O) groups excluding carboxylic acids is 1. The number of nitrogens with zero attached hydrogens (tertiary/aromatic N) is 1. The van der Waals surface area contributed by atoms with Crippen LogP contribution in [0.25, 0.3) is 11.3 Å². The molecule has 138 valence electrons. The SMILES string of the molecule is N[C@@H]1CN(C(=O)CCc2ccc(-c3ccccc3)o2)C[C@H]1c1ccccc1. The molecule has 1 amide bonds. The molecule has 0 radical (unpaired) electrons. The molecule has 2 atom stereocenters. The maximum atomic E-state index is 12.6. The van der Waals surface area contributed by atoms with Gasteiger partial charge in [-0.15, -0.1) is 0 Å². The van der Waals surface area contributed by atoms with Crippen molar-refractivity contribution < 1.29 is 9.21 Å². The number of rotatable bonds is 5. The van der Waals surface area contributed by atoms with Crippen LogP contribution in [-0.2, 0) is 11.2 Å². The van der Waals surface area contributed by atoms with E-state index in [0.717, 1.165) is 17.1 Å². The van der Waals surface area contributed by atoms with Crippen LogP contribution in [0.1, 0.15) is 23.7 Å². The molecule has 2 heterocycles. The zero-order chi connectivity index (χ0) is 18.6. The Bertz CT molecular complexity index is 889. The lowest BCUT2D eigenvalue weighted by molar-refractivity contribution is -0.130. The molecule has 1 aromatic heterocycles. The molecule has 1 saturated heterocycles. The van der Waals surface area contributed by atoms with Crippen LogP contribution in [0.15, 0.2) is 77.2 Å². The molecule has 0 saturated carbocycles. The maximum absolute atomic E-state index is 12.6. The van der Waals surface area contributed by atoms with Crippen LogP contribution < -0.4 is 5.73 Å². The van der Waals surface area contributed by atoms with E-state index < -0.39 is 0 Å². The number of benzene rings is 2. The van der Waals surface area contributed by atoms with Crippen molar-refractivity contribution in [3.8, 4) is 11.3 Å². The smallest absolute Gasteiger partial charge is 0.223 e. The van der Waals surface area contributed by atoms with E-state index in [1.54, 1.807) is 0 Å². The number of likely N-dealkylation sites (tertiary alicyclic amines) is 1. The van der Waals surface area contributed by atoms with Crippen molar-refractivity contribution >= 4 is 5.91 Å². The average molecular weight is 360 g/mol. The highest BCUT2D eigenvalue weighted by Gasteiger charge is 2.33. The van der Waals surface area contributed by atoms with Crippen LogP contribution in [0.4, 0.5) is 0 Å². The molecule has 4 nitrogen and oxygen atoms in total. The molecule has 1 aliphatic heterocycles. The van der Waals surface area contributed by atoms with E-state index in [9.17, 15) is 4.79 Å². The fourth-order valence-corrected chi connectivity index (χ4v) is 3.74. The first-order valence-electron chi connectivity index (χ1n) is 9.43. The Morgan fingerprint density at radius 3 is 2.41 bits per heavy atom. The van der Waals surface area contributed by atoms with Crippen molar-refractivity contribution in [2.75, 3.05) is 13.1 Å². The van der Waals surface area contributed by atoms with E-state index in [-0.39, 0.29) is 17.9 Å². The van der Waals surface area contributed by atoms with Crippen molar-refractivity contribution in [2.24, 2.45) is 5.73 Å². The van der Waals surface area contributed by atoms with Crippen LogP contribution >= 0.6 is 0 Å². The van der Waals surface area contributed by atoms with Crippen molar-refractivity contribution in [2.45, 2.75) is 24.8 Å². The third-order valence-corrected chi connectivity index (χ3v) is 5.25. The standard InChI is InChI=1S/C23H24N2O2/c24-21-16-25(15-20(21)17-7-3-1-4-8-17)23(26)14-12-19-11-13-22(27-19)18-9-5-2-6-10-18/h1-11,13,20-21H,12,14-16,24H2/t20-,21+/m0/s1. The molecule has 2 N–H and O–H groups in total. The number of carbonyl (C=O) groups is 1. The summed E-state index contributed by atoms with van der Waals surface area (Å²) in [4.78, 5) is 14.5. The summed E-state index contributed by atoms with van der Waals surface area (Å²) in [7, 11) is 0. The van der Waals surface area contributed by atoms with Crippen molar-refractivity contribution in [3.05, 3.63) is 84.1 Å². The third kappa shape index (κ3) is 3.96. The average Bonchev–Trinajstić information content (AvgIpc) is 3.34. The molecular weight excluding hydrogens is 336 g/mol. The minimum absolute atomic E-state index is 0.00959. The van der Waals surface area contributed by atoms with E-state index in [4.69, 9.17) is 10.2 Å². The normalized spacial score (nSPS) is 19.4.